The summed E-state index contributed by atoms with van der Waals surface area (Å²) in [4.78, 5) is 10.1. The summed E-state index contributed by atoms with van der Waals surface area (Å²) in [7, 11) is 3.39. The van der Waals surface area contributed by atoms with Crippen LogP contribution in [0.15, 0.2) is 40.7 Å². The first-order chi connectivity index (χ1) is 12.7. The molecular formula is C18H23IN6OS. The first-order valence-corrected chi connectivity index (χ1v) is 9.10. The largest absolute Gasteiger partial charge is 0.497 e. The molecule has 0 aliphatic carbocycles. The maximum Gasteiger partial charge on any atom is 0.191 e. The smallest absolute Gasteiger partial charge is 0.191 e. The zero-order valence-corrected chi connectivity index (χ0v) is 18.6. The van der Waals surface area contributed by atoms with Crippen molar-refractivity contribution in [3.63, 3.8) is 0 Å². The van der Waals surface area contributed by atoms with Crippen LogP contribution in [0.1, 0.15) is 16.3 Å². The quantitative estimate of drug-likeness (QED) is 0.276. The third-order valence-electron chi connectivity index (χ3n) is 3.91. The van der Waals surface area contributed by atoms with E-state index in [0.717, 1.165) is 29.6 Å². The number of benzene rings is 1. The molecule has 3 rings (SSSR count). The Morgan fingerprint density at radius 3 is 2.56 bits per heavy atom. The predicted molar refractivity (Wildman–Crippen MR) is 120 cm³/mol. The number of thiophene rings is 1. The van der Waals surface area contributed by atoms with Crippen molar-refractivity contribution in [3.05, 3.63) is 52.0 Å². The van der Waals surface area contributed by atoms with Gasteiger partial charge in [-0.3, -0.25) is 10.1 Å². The Hall–Kier alpha value is -2.14. The topological polar surface area (TPSA) is 87.2 Å². The highest BCUT2D eigenvalue weighted by atomic mass is 127. The highest BCUT2D eigenvalue weighted by Gasteiger charge is 2.07. The van der Waals surface area contributed by atoms with Crippen LogP contribution in [0.25, 0.3) is 11.4 Å². The van der Waals surface area contributed by atoms with Crippen LogP contribution in [0.2, 0.25) is 0 Å². The van der Waals surface area contributed by atoms with Gasteiger partial charge in [-0.25, -0.2) is 4.98 Å². The minimum Gasteiger partial charge on any atom is -0.497 e. The summed E-state index contributed by atoms with van der Waals surface area (Å²) >= 11 is 1.74. The molecule has 0 fully saturated rings. The van der Waals surface area contributed by atoms with Gasteiger partial charge in [0.2, 0.25) is 0 Å². The standard InChI is InChI=1S/C18H22N6OS.HI/c1-12-8-9-26-15(12)10-20-18(19-2)21-11-16-22-17(24-23-16)13-4-6-14(25-3)7-5-13;/h4-9H,10-11H2,1-3H3,(H2,19,20,21)(H,22,23,24);1H. The second-order valence-corrected chi connectivity index (χ2v) is 6.64. The number of ether oxygens (including phenoxy) is 1. The van der Waals surface area contributed by atoms with Crippen molar-refractivity contribution in [2.45, 2.75) is 20.0 Å². The molecule has 0 aliphatic heterocycles. The van der Waals surface area contributed by atoms with Crippen molar-refractivity contribution in [1.82, 2.24) is 25.8 Å². The van der Waals surface area contributed by atoms with Crippen LogP contribution in [0.5, 0.6) is 5.75 Å². The van der Waals surface area contributed by atoms with Gasteiger partial charge < -0.3 is 15.4 Å². The summed E-state index contributed by atoms with van der Waals surface area (Å²) in [6.07, 6.45) is 0. The maximum absolute atomic E-state index is 5.17. The molecule has 144 valence electrons. The van der Waals surface area contributed by atoms with E-state index in [1.165, 1.54) is 10.4 Å². The Kier molecular flexibility index (Phi) is 8.04. The second-order valence-electron chi connectivity index (χ2n) is 5.64. The maximum atomic E-state index is 5.17. The molecule has 0 atom stereocenters. The molecule has 9 heteroatoms. The van der Waals surface area contributed by atoms with Gasteiger partial charge in [-0.15, -0.1) is 35.3 Å². The third-order valence-corrected chi connectivity index (χ3v) is 4.93. The number of hydrogen-bond acceptors (Lipinski definition) is 5. The number of aryl methyl sites for hydroxylation is 1. The number of methoxy groups -OCH3 is 1. The van der Waals surface area contributed by atoms with Crippen LogP contribution in [-0.4, -0.2) is 35.3 Å². The van der Waals surface area contributed by atoms with Gasteiger partial charge in [0.1, 0.15) is 11.6 Å². The lowest BCUT2D eigenvalue weighted by Gasteiger charge is -2.10. The summed E-state index contributed by atoms with van der Waals surface area (Å²) in [5, 5.41) is 15.9. The summed E-state index contributed by atoms with van der Waals surface area (Å²) < 4.78 is 5.17. The van der Waals surface area contributed by atoms with Crippen molar-refractivity contribution >= 4 is 41.3 Å². The van der Waals surface area contributed by atoms with Gasteiger partial charge in [0, 0.05) is 17.5 Å². The fourth-order valence-electron chi connectivity index (χ4n) is 2.38. The first kappa shape index (κ1) is 21.2. The molecule has 27 heavy (non-hydrogen) atoms. The molecule has 0 amide bonds. The van der Waals surface area contributed by atoms with Gasteiger partial charge >= 0.3 is 0 Å². The molecule has 0 unspecified atom stereocenters. The van der Waals surface area contributed by atoms with Crippen molar-refractivity contribution in [1.29, 1.82) is 0 Å². The summed E-state index contributed by atoms with van der Waals surface area (Å²) in [5.74, 6) is 2.93. The summed E-state index contributed by atoms with van der Waals surface area (Å²) in [6.45, 7) is 3.36. The zero-order valence-electron chi connectivity index (χ0n) is 15.4. The minimum absolute atomic E-state index is 0. The van der Waals surface area contributed by atoms with Gasteiger partial charge in [-0.2, -0.15) is 5.10 Å². The number of rotatable bonds is 6. The molecule has 0 bridgehead atoms. The molecule has 0 saturated carbocycles. The Bertz CT molecular complexity index is 874. The van der Waals surface area contributed by atoms with E-state index in [9.17, 15) is 0 Å². The molecule has 7 nitrogen and oxygen atoms in total. The summed E-state index contributed by atoms with van der Waals surface area (Å²) in [6, 6.07) is 9.77. The molecular weight excluding hydrogens is 475 g/mol. The Balaban J connectivity index is 0.00000261. The molecule has 2 heterocycles. The lowest BCUT2D eigenvalue weighted by Crippen LogP contribution is -2.36. The van der Waals surface area contributed by atoms with Crippen LogP contribution >= 0.6 is 35.3 Å². The Morgan fingerprint density at radius 1 is 1.19 bits per heavy atom. The third kappa shape index (κ3) is 5.67. The number of hydrogen-bond donors (Lipinski definition) is 3. The van der Waals surface area contributed by atoms with E-state index in [1.54, 1.807) is 25.5 Å². The number of aliphatic imine (C=N–C) groups is 1. The molecule has 0 spiro atoms. The van der Waals surface area contributed by atoms with Crippen LogP contribution in [-0.2, 0) is 13.1 Å². The van der Waals surface area contributed by atoms with Gasteiger partial charge in [0.25, 0.3) is 0 Å². The van der Waals surface area contributed by atoms with E-state index in [2.05, 4.69) is 49.2 Å². The number of nitrogens with one attached hydrogen (secondary N) is 3. The van der Waals surface area contributed by atoms with E-state index < -0.39 is 0 Å². The van der Waals surface area contributed by atoms with E-state index in [-0.39, 0.29) is 24.0 Å². The SMILES string of the molecule is CN=C(NCc1nc(-c2ccc(OC)cc2)n[nH]1)NCc1sccc1C.I. The highest BCUT2D eigenvalue weighted by Crippen LogP contribution is 2.19. The predicted octanol–water partition coefficient (Wildman–Crippen LogP) is 3.33. The van der Waals surface area contributed by atoms with Crippen molar-refractivity contribution in [3.8, 4) is 17.1 Å². The van der Waals surface area contributed by atoms with Gasteiger partial charge in [0.05, 0.1) is 20.2 Å². The van der Waals surface area contributed by atoms with Crippen LogP contribution in [0, 0.1) is 6.92 Å². The fourth-order valence-corrected chi connectivity index (χ4v) is 3.23. The van der Waals surface area contributed by atoms with E-state index in [1.807, 2.05) is 24.3 Å². The van der Waals surface area contributed by atoms with Crippen molar-refractivity contribution in [2.24, 2.45) is 4.99 Å². The molecule has 0 radical (unpaired) electrons. The van der Waals surface area contributed by atoms with E-state index in [0.29, 0.717) is 12.4 Å². The van der Waals surface area contributed by atoms with Crippen LogP contribution in [0.3, 0.4) is 0 Å². The Labute approximate surface area is 179 Å². The van der Waals surface area contributed by atoms with E-state index in [4.69, 9.17) is 4.74 Å². The van der Waals surface area contributed by atoms with Crippen LogP contribution in [0.4, 0.5) is 0 Å². The van der Waals surface area contributed by atoms with Crippen LogP contribution < -0.4 is 15.4 Å². The minimum atomic E-state index is 0. The number of H-pyrrole nitrogens is 1. The lowest BCUT2D eigenvalue weighted by atomic mass is 10.2. The normalized spacial score (nSPS) is 11.0. The second kappa shape index (κ2) is 10.3. The first-order valence-electron chi connectivity index (χ1n) is 8.23. The highest BCUT2D eigenvalue weighted by molar-refractivity contribution is 14.0. The molecule has 0 saturated heterocycles. The zero-order chi connectivity index (χ0) is 18.4. The van der Waals surface area contributed by atoms with Gasteiger partial charge in [-0.1, -0.05) is 0 Å². The summed E-state index contributed by atoms with van der Waals surface area (Å²) in [5.41, 5.74) is 2.22. The number of guanidine groups is 1. The number of nitrogens with zero attached hydrogens (tertiary/aromatic N) is 3. The van der Waals surface area contributed by atoms with Gasteiger partial charge in [-0.05, 0) is 48.2 Å². The molecule has 3 aromatic rings. The average molecular weight is 498 g/mol. The lowest BCUT2D eigenvalue weighted by molar-refractivity contribution is 0.415. The van der Waals surface area contributed by atoms with Crippen molar-refractivity contribution < 1.29 is 4.74 Å². The van der Waals surface area contributed by atoms with Gasteiger partial charge in [0.15, 0.2) is 11.8 Å². The number of halogens is 1. The monoisotopic (exact) mass is 498 g/mol. The molecule has 0 aliphatic rings. The fraction of sp³-hybridized carbons (Fsp3) is 0.278. The Morgan fingerprint density at radius 2 is 1.93 bits per heavy atom. The van der Waals surface area contributed by atoms with E-state index >= 15 is 0 Å². The number of aromatic nitrogens is 3. The number of aromatic amines is 1. The van der Waals surface area contributed by atoms with Crippen molar-refractivity contribution in [2.75, 3.05) is 14.2 Å². The molecule has 1 aromatic carbocycles. The molecule has 2 aromatic heterocycles. The molecule has 3 N–H and O–H groups in total. The average Bonchev–Trinajstić information content (AvgIpc) is 3.31.